The number of H-pyrrole nitrogens is 1. The van der Waals surface area contributed by atoms with E-state index in [1.807, 2.05) is 49.4 Å². The lowest BCUT2D eigenvalue weighted by Crippen LogP contribution is -2.12. The summed E-state index contributed by atoms with van der Waals surface area (Å²) < 4.78 is 0. The number of nitrogens with zero attached hydrogens (tertiary/aromatic N) is 1. The molecular weight excluding hydrogens is 298 g/mol. The van der Waals surface area contributed by atoms with Crippen LogP contribution in [0, 0.1) is 6.92 Å². The van der Waals surface area contributed by atoms with Crippen molar-refractivity contribution >= 4 is 23.2 Å². The number of hydrogen-bond acceptors (Lipinski definition) is 2. The first-order chi connectivity index (χ1) is 10.6. The van der Waals surface area contributed by atoms with Crippen molar-refractivity contribution in [1.82, 2.24) is 10.2 Å². The number of anilines is 1. The van der Waals surface area contributed by atoms with Crippen LogP contribution in [0.25, 0.3) is 11.3 Å². The van der Waals surface area contributed by atoms with Gasteiger partial charge in [-0.25, -0.2) is 0 Å². The van der Waals surface area contributed by atoms with Gasteiger partial charge in [-0.3, -0.25) is 9.89 Å². The van der Waals surface area contributed by atoms with Gasteiger partial charge in [0.15, 0.2) is 0 Å². The van der Waals surface area contributed by atoms with Crippen molar-refractivity contribution in [2.75, 3.05) is 5.32 Å². The molecule has 2 N–H and O–H groups in total. The SMILES string of the molecule is Cc1ccc(NC(=O)c2cc(-c3ccccc3Cl)n[nH]2)cc1. The summed E-state index contributed by atoms with van der Waals surface area (Å²) in [7, 11) is 0. The molecule has 5 heteroatoms. The number of halogens is 1. The Hall–Kier alpha value is -2.59. The van der Waals surface area contributed by atoms with E-state index in [9.17, 15) is 4.79 Å². The van der Waals surface area contributed by atoms with E-state index in [1.165, 1.54) is 0 Å². The summed E-state index contributed by atoms with van der Waals surface area (Å²) in [6, 6.07) is 16.7. The number of carbonyl (C=O) groups excluding carboxylic acids is 1. The average Bonchev–Trinajstić information content (AvgIpc) is 3.00. The molecule has 1 amide bonds. The van der Waals surface area contributed by atoms with E-state index in [0.29, 0.717) is 16.4 Å². The molecule has 0 aliphatic heterocycles. The molecule has 0 atom stereocenters. The molecule has 1 heterocycles. The number of rotatable bonds is 3. The van der Waals surface area contributed by atoms with E-state index < -0.39 is 0 Å². The van der Waals surface area contributed by atoms with Gasteiger partial charge < -0.3 is 5.32 Å². The van der Waals surface area contributed by atoms with E-state index in [2.05, 4.69) is 15.5 Å². The molecule has 0 aliphatic carbocycles. The molecule has 3 rings (SSSR count). The fourth-order valence-electron chi connectivity index (χ4n) is 2.08. The predicted molar refractivity (Wildman–Crippen MR) is 88.2 cm³/mol. The van der Waals surface area contributed by atoms with Crippen molar-refractivity contribution in [3.8, 4) is 11.3 Å². The normalized spacial score (nSPS) is 10.5. The number of hydrogen-bond donors (Lipinski definition) is 2. The molecule has 110 valence electrons. The molecule has 0 fully saturated rings. The van der Waals surface area contributed by atoms with E-state index in [4.69, 9.17) is 11.6 Å². The summed E-state index contributed by atoms with van der Waals surface area (Å²) in [6.07, 6.45) is 0. The average molecular weight is 312 g/mol. The zero-order chi connectivity index (χ0) is 15.5. The third-order valence-electron chi connectivity index (χ3n) is 3.28. The maximum Gasteiger partial charge on any atom is 0.273 e. The number of benzene rings is 2. The Labute approximate surface area is 133 Å². The first kappa shape index (κ1) is 14.4. The molecular formula is C17H14ClN3O. The molecule has 0 unspecified atom stereocenters. The zero-order valence-electron chi connectivity index (χ0n) is 11.9. The van der Waals surface area contributed by atoms with E-state index in [-0.39, 0.29) is 5.91 Å². The highest BCUT2D eigenvalue weighted by atomic mass is 35.5. The summed E-state index contributed by atoms with van der Waals surface area (Å²) in [5, 5.41) is 10.3. The van der Waals surface area contributed by atoms with Crippen LogP contribution in [-0.4, -0.2) is 16.1 Å². The molecule has 0 saturated heterocycles. The number of aryl methyl sites for hydroxylation is 1. The highest BCUT2D eigenvalue weighted by molar-refractivity contribution is 6.33. The molecule has 0 aliphatic rings. The fourth-order valence-corrected chi connectivity index (χ4v) is 2.31. The van der Waals surface area contributed by atoms with Crippen LogP contribution >= 0.6 is 11.6 Å². The van der Waals surface area contributed by atoms with Gasteiger partial charge in [0.2, 0.25) is 0 Å². The minimum absolute atomic E-state index is 0.241. The van der Waals surface area contributed by atoms with Crippen LogP contribution in [0.5, 0.6) is 0 Å². The van der Waals surface area contributed by atoms with E-state index in [1.54, 1.807) is 12.1 Å². The quantitative estimate of drug-likeness (QED) is 0.758. The fraction of sp³-hybridized carbons (Fsp3) is 0.0588. The highest BCUT2D eigenvalue weighted by Crippen LogP contribution is 2.26. The summed E-state index contributed by atoms with van der Waals surface area (Å²) in [4.78, 5) is 12.2. The van der Waals surface area contributed by atoms with Gasteiger partial charge in [0.05, 0.1) is 10.7 Å². The van der Waals surface area contributed by atoms with Crippen LogP contribution in [0.4, 0.5) is 5.69 Å². The Kier molecular flexibility index (Phi) is 3.94. The number of amides is 1. The number of nitrogens with one attached hydrogen (secondary N) is 2. The van der Waals surface area contributed by atoms with Gasteiger partial charge in [-0.1, -0.05) is 47.5 Å². The van der Waals surface area contributed by atoms with Gasteiger partial charge in [-0.2, -0.15) is 5.10 Å². The van der Waals surface area contributed by atoms with Crippen LogP contribution in [0.15, 0.2) is 54.6 Å². The van der Waals surface area contributed by atoms with Crippen molar-refractivity contribution in [2.45, 2.75) is 6.92 Å². The van der Waals surface area contributed by atoms with Crippen molar-refractivity contribution in [3.05, 3.63) is 70.9 Å². The third kappa shape index (κ3) is 3.02. The van der Waals surface area contributed by atoms with Crippen LogP contribution in [0.3, 0.4) is 0 Å². The van der Waals surface area contributed by atoms with Gasteiger partial charge in [0.25, 0.3) is 5.91 Å². The Morgan fingerprint density at radius 2 is 1.86 bits per heavy atom. The van der Waals surface area contributed by atoms with Crippen molar-refractivity contribution in [1.29, 1.82) is 0 Å². The second kappa shape index (κ2) is 6.03. The van der Waals surface area contributed by atoms with Gasteiger partial charge in [0, 0.05) is 11.3 Å². The molecule has 1 aromatic heterocycles. The van der Waals surface area contributed by atoms with Crippen LogP contribution in [0.2, 0.25) is 5.02 Å². The number of aromatic amines is 1. The van der Waals surface area contributed by atoms with Crippen LogP contribution < -0.4 is 5.32 Å². The van der Waals surface area contributed by atoms with Crippen molar-refractivity contribution < 1.29 is 4.79 Å². The summed E-state index contributed by atoms with van der Waals surface area (Å²) in [5.74, 6) is -0.241. The molecule has 0 bridgehead atoms. The molecule has 2 aromatic carbocycles. The monoisotopic (exact) mass is 311 g/mol. The van der Waals surface area contributed by atoms with Crippen molar-refractivity contribution in [2.24, 2.45) is 0 Å². The lowest BCUT2D eigenvalue weighted by molar-refractivity contribution is 0.102. The second-order valence-corrected chi connectivity index (χ2v) is 5.37. The molecule has 0 radical (unpaired) electrons. The molecule has 4 nitrogen and oxygen atoms in total. The molecule has 0 spiro atoms. The minimum Gasteiger partial charge on any atom is -0.321 e. The number of carbonyl (C=O) groups is 1. The maximum absolute atomic E-state index is 12.2. The zero-order valence-corrected chi connectivity index (χ0v) is 12.7. The van der Waals surface area contributed by atoms with Crippen LogP contribution in [-0.2, 0) is 0 Å². The summed E-state index contributed by atoms with van der Waals surface area (Å²) in [6.45, 7) is 2.00. The van der Waals surface area contributed by atoms with Gasteiger partial charge >= 0.3 is 0 Å². The van der Waals surface area contributed by atoms with E-state index >= 15 is 0 Å². The van der Waals surface area contributed by atoms with Gasteiger partial charge in [-0.05, 0) is 31.2 Å². The van der Waals surface area contributed by atoms with Gasteiger partial charge in [-0.15, -0.1) is 0 Å². The largest absolute Gasteiger partial charge is 0.321 e. The lowest BCUT2D eigenvalue weighted by Gasteiger charge is -2.03. The van der Waals surface area contributed by atoms with Crippen LogP contribution in [0.1, 0.15) is 16.1 Å². The first-order valence-electron chi connectivity index (χ1n) is 6.82. The Morgan fingerprint density at radius 1 is 1.14 bits per heavy atom. The smallest absolute Gasteiger partial charge is 0.273 e. The molecule has 0 saturated carbocycles. The molecule has 3 aromatic rings. The molecule has 22 heavy (non-hydrogen) atoms. The Balaban J connectivity index is 1.80. The summed E-state index contributed by atoms with van der Waals surface area (Å²) in [5.41, 5.74) is 3.69. The Morgan fingerprint density at radius 3 is 2.59 bits per heavy atom. The second-order valence-electron chi connectivity index (χ2n) is 4.97. The topological polar surface area (TPSA) is 57.8 Å². The third-order valence-corrected chi connectivity index (χ3v) is 3.61. The maximum atomic E-state index is 12.2. The van der Waals surface area contributed by atoms with Crippen molar-refractivity contribution in [3.63, 3.8) is 0 Å². The number of aromatic nitrogens is 2. The first-order valence-corrected chi connectivity index (χ1v) is 7.19. The Bertz CT molecular complexity index is 809. The lowest BCUT2D eigenvalue weighted by atomic mass is 10.1. The minimum atomic E-state index is -0.241. The highest BCUT2D eigenvalue weighted by Gasteiger charge is 2.12. The van der Waals surface area contributed by atoms with E-state index in [0.717, 1.165) is 16.8 Å². The summed E-state index contributed by atoms with van der Waals surface area (Å²) >= 11 is 6.14. The predicted octanol–water partition coefficient (Wildman–Crippen LogP) is 4.29. The van der Waals surface area contributed by atoms with Gasteiger partial charge in [0.1, 0.15) is 5.69 Å². The standard InChI is InChI=1S/C17H14ClN3O/c1-11-6-8-12(9-7-11)19-17(22)16-10-15(20-21-16)13-4-2-3-5-14(13)18/h2-10H,1H3,(H,19,22)(H,20,21).